The summed E-state index contributed by atoms with van der Waals surface area (Å²) in [5.41, 5.74) is 0.673. The van der Waals surface area contributed by atoms with E-state index in [-0.39, 0.29) is 36.0 Å². The van der Waals surface area contributed by atoms with Gasteiger partial charge in [0.25, 0.3) is 11.7 Å². The normalized spacial score (nSPS) is 18.2. The fourth-order valence-electron chi connectivity index (χ4n) is 3.33. The van der Waals surface area contributed by atoms with Crippen LogP contribution >= 0.6 is 0 Å². The quantitative estimate of drug-likeness (QED) is 0.385. The third kappa shape index (κ3) is 3.62. The zero-order valence-corrected chi connectivity index (χ0v) is 16.0. The SMILES string of the molecule is COc1ccc(C(O)=C2C(=O)C(=O)N(CCO)[C@H]2c2ccc(O)c(OC)c2)cc1. The molecule has 152 valence electrons. The Labute approximate surface area is 167 Å². The first-order valence-electron chi connectivity index (χ1n) is 8.83. The second kappa shape index (κ2) is 8.24. The summed E-state index contributed by atoms with van der Waals surface area (Å²) in [6.45, 7) is -0.459. The van der Waals surface area contributed by atoms with Gasteiger partial charge in [-0.15, -0.1) is 0 Å². The van der Waals surface area contributed by atoms with Gasteiger partial charge in [-0.25, -0.2) is 0 Å². The molecular weight excluding hydrogens is 378 g/mol. The highest BCUT2D eigenvalue weighted by molar-refractivity contribution is 6.46. The molecule has 1 aliphatic rings. The molecule has 0 aromatic heterocycles. The van der Waals surface area contributed by atoms with Gasteiger partial charge in [0.1, 0.15) is 11.5 Å². The van der Waals surface area contributed by atoms with E-state index in [9.17, 15) is 24.9 Å². The number of hydrogen-bond acceptors (Lipinski definition) is 7. The van der Waals surface area contributed by atoms with Crippen molar-refractivity contribution in [3.8, 4) is 17.2 Å². The van der Waals surface area contributed by atoms with Crippen molar-refractivity contribution < 1.29 is 34.4 Å². The lowest BCUT2D eigenvalue weighted by Crippen LogP contribution is -2.32. The maximum Gasteiger partial charge on any atom is 0.295 e. The van der Waals surface area contributed by atoms with Gasteiger partial charge in [0.05, 0.1) is 32.4 Å². The summed E-state index contributed by atoms with van der Waals surface area (Å²) in [5.74, 6) is -1.41. The Morgan fingerprint density at radius 1 is 1.07 bits per heavy atom. The second-order valence-corrected chi connectivity index (χ2v) is 6.38. The lowest BCUT2D eigenvalue weighted by molar-refractivity contribution is -0.140. The summed E-state index contributed by atoms with van der Waals surface area (Å²) in [5, 5.41) is 30.1. The number of aliphatic hydroxyl groups excluding tert-OH is 2. The van der Waals surface area contributed by atoms with E-state index >= 15 is 0 Å². The number of hydrogen-bond donors (Lipinski definition) is 3. The van der Waals surface area contributed by atoms with E-state index in [4.69, 9.17) is 9.47 Å². The van der Waals surface area contributed by atoms with Gasteiger partial charge in [-0.3, -0.25) is 9.59 Å². The average Bonchev–Trinajstić information content (AvgIpc) is 2.99. The average molecular weight is 399 g/mol. The zero-order valence-electron chi connectivity index (χ0n) is 16.0. The smallest absolute Gasteiger partial charge is 0.295 e. The number of phenols is 1. The number of Topliss-reactive ketones (excluding diaryl/α,β-unsaturated/α-hetero) is 1. The summed E-state index contributed by atoms with van der Waals surface area (Å²) >= 11 is 0. The summed E-state index contributed by atoms with van der Waals surface area (Å²) < 4.78 is 10.2. The van der Waals surface area contributed by atoms with Crippen LogP contribution in [0.3, 0.4) is 0 Å². The third-order valence-electron chi connectivity index (χ3n) is 4.76. The molecule has 2 aromatic rings. The predicted octanol–water partition coefficient (Wildman–Crippen LogP) is 1.82. The van der Waals surface area contributed by atoms with E-state index < -0.39 is 17.7 Å². The first kappa shape index (κ1) is 20.2. The first-order chi connectivity index (χ1) is 13.9. The molecular formula is C21H21NO7. The molecule has 8 heteroatoms. The fraction of sp³-hybridized carbons (Fsp3) is 0.238. The van der Waals surface area contributed by atoms with Gasteiger partial charge in [0, 0.05) is 12.1 Å². The Hall–Kier alpha value is -3.52. The zero-order chi connectivity index (χ0) is 21.1. The summed E-state index contributed by atoms with van der Waals surface area (Å²) in [6, 6.07) is 9.83. The number of β-amino-alcohol motifs (C(OH)–C–C–N with tert-alkyl or cyclic N) is 1. The standard InChI is InChI=1S/C21H21NO7/c1-28-14-6-3-12(4-7-14)19(25)17-18(22(9-10-23)21(27)20(17)26)13-5-8-15(24)16(11-13)29-2/h3-8,11,18,23-25H,9-10H2,1-2H3/t18-/m0/s1. The molecule has 1 aliphatic heterocycles. The minimum absolute atomic E-state index is 0.0994. The Kier molecular flexibility index (Phi) is 5.74. The van der Waals surface area contributed by atoms with Crippen LogP contribution in [0.25, 0.3) is 5.76 Å². The van der Waals surface area contributed by atoms with E-state index in [0.29, 0.717) is 16.9 Å². The highest BCUT2D eigenvalue weighted by atomic mass is 16.5. The molecule has 0 bridgehead atoms. The maximum absolute atomic E-state index is 12.7. The number of rotatable bonds is 6. The fourth-order valence-corrected chi connectivity index (χ4v) is 3.33. The molecule has 3 rings (SSSR count). The number of carbonyl (C=O) groups is 2. The van der Waals surface area contributed by atoms with Crippen molar-refractivity contribution in [2.24, 2.45) is 0 Å². The Bertz CT molecular complexity index is 965. The molecule has 0 aliphatic carbocycles. The number of nitrogens with zero attached hydrogens (tertiary/aromatic N) is 1. The molecule has 0 saturated carbocycles. The Morgan fingerprint density at radius 3 is 2.34 bits per heavy atom. The van der Waals surface area contributed by atoms with Crippen molar-refractivity contribution in [1.82, 2.24) is 4.90 Å². The number of aromatic hydroxyl groups is 1. The number of amides is 1. The predicted molar refractivity (Wildman–Crippen MR) is 104 cm³/mol. The number of methoxy groups -OCH3 is 2. The van der Waals surface area contributed by atoms with Crippen molar-refractivity contribution in [3.63, 3.8) is 0 Å². The van der Waals surface area contributed by atoms with Gasteiger partial charge in [0.2, 0.25) is 0 Å². The van der Waals surface area contributed by atoms with Crippen molar-refractivity contribution in [2.75, 3.05) is 27.4 Å². The van der Waals surface area contributed by atoms with Gasteiger partial charge >= 0.3 is 0 Å². The summed E-state index contributed by atoms with van der Waals surface area (Å²) in [6.07, 6.45) is 0. The van der Waals surface area contributed by atoms with Crippen LogP contribution in [-0.4, -0.2) is 59.3 Å². The molecule has 0 spiro atoms. The molecule has 1 fully saturated rings. The van der Waals surface area contributed by atoms with E-state index in [2.05, 4.69) is 0 Å². The molecule has 1 atom stereocenters. The van der Waals surface area contributed by atoms with Crippen LogP contribution in [0.5, 0.6) is 17.2 Å². The molecule has 29 heavy (non-hydrogen) atoms. The van der Waals surface area contributed by atoms with E-state index in [0.717, 1.165) is 0 Å². The summed E-state index contributed by atoms with van der Waals surface area (Å²) in [4.78, 5) is 26.5. The van der Waals surface area contributed by atoms with Crippen LogP contribution in [-0.2, 0) is 9.59 Å². The lowest BCUT2D eigenvalue weighted by Gasteiger charge is -2.25. The summed E-state index contributed by atoms with van der Waals surface area (Å²) in [7, 11) is 2.88. The van der Waals surface area contributed by atoms with Gasteiger partial charge < -0.3 is 29.7 Å². The number of phenolic OH excluding ortho intramolecular Hbond substituents is 1. The largest absolute Gasteiger partial charge is 0.507 e. The van der Waals surface area contributed by atoms with E-state index in [1.54, 1.807) is 24.3 Å². The Balaban J connectivity index is 2.18. The van der Waals surface area contributed by atoms with Crippen LogP contribution in [0.1, 0.15) is 17.2 Å². The molecule has 3 N–H and O–H groups in total. The molecule has 1 heterocycles. The van der Waals surface area contributed by atoms with Crippen LogP contribution in [0.15, 0.2) is 48.0 Å². The number of ketones is 1. The monoisotopic (exact) mass is 399 g/mol. The van der Waals surface area contributed by atoms with E-state index in [1.165, 1.54) is 37.3 Å². The molecule has 2 aromatic carbocycles. The molecule has 8 nitrogen and oxygen atoms in total. The molecule has 0 unspecified atom stereocenters. The number of benzene rings is 2. The number of aliphatic hydroxyl groups is 2. The topological polar surface area (TPSA) is 117 Å². The third-order valence-corrected chi connectivity index (χ3v) is 4.76. The number of likely N-dealkylation sites (tertiary alicyclic amines) is 1. The lowest BCUT2D eigenvalue weighted by atomic mass is 9.95. The van der Waals surface area contributed by atoms with E-state index in [1.807, 2.05) is 0 Å². The maximum atomic E-state index is 12.7. The van der Waals surface area contributed by atoms with Crippen LogP contribution in [0.2, 0.25) is 0 Å². The first-order valence-corrected chi connectivity index (χ1v) is 8.83. The number of ether oxygens (including phenoxy) is 2. The van der Waals surface area contributed by atoms with Gasteiger partial charge in [0.15, 0.2) is 11.5 Å². The second-order valence-electron chi connectivity index (χ2n) is 6.38. The van der Waals surface area contributed by atoms with Gasteiger partial charge in [-0.05, 0) is 42.0 Å². The van der Waals surface area contributed by atoms with Crippen molar-refractivity contribution in [2.45, 2.75) is 6.04 Å². The minimum Gasteiger partial charge on any atom is -0.507 e. The van der Waals surface area contributed by atoms with Crippen LogP contribution in [0, 0.1) is 0 Å². The molecule has 0 radical (unpaired) electrons. The van der Waals surface area contributed by atoms with Crippen molar-refractivity contribution in [3.05, 3.63) is 59.2 Å². The minimum atomic E-state index is -0.946. The van der Waals surface area contributed by atoms with Crippen molar-refractivity contribution in [1.29, 1.82) is 0 Å². The molecule has 1 saturated heterocycles. The van der Waals surface area contributed by atoms with Gasteiger partial charge in [-0.1, -0.05) is 6.07 Å². The van der Waals surface area contributed by atoms with Crippen LogP contribution < -0.4 is 9.47 Å². The highest BCUT2D eigenvalue weighted by Gasteiger charge is 2.46. The Morgan fingerprint density at radius 2 is 1.76 bits per heavy atom. The highest BCUT2D eigenvalue weighted by Crippen LogP contribution is 2.41. The molecule has 1 amide bonds. The van der Waals surface area contributed by atoms with Crippen molar-refractivity contribution >= 4 is 17.4 Å². The van der Waals surface area contributed by atoms with Crippen LogP contribution in [0.4, 0.5) is 0 Å². The number of carbonyl (C=O) groups excluding carboxylic acids is 2. The van der Waals surface area contributed by atoms with Gasteiger partial charge in [-0.2, -0.15) is 0 Å².